The van der Waals surface area contributed by atoms with Gasteiger partial charge in [0.05, 0.1) is 12.8 Å². The lowest BCUT2D eigenvalue weighted by Gasteiger charge is -2.18. The number of aryl methyl sites for hydroxylation is 2. The number of nitrogens with zero attached hydrogens (tertiary/aromatic N) is 1. The van der Waals surface area contributed by atoms with E-state index in [9.17, 15) is 9.59 Å². The topological polar surface area (TPSA) is 96.1 Å². The zero-order valence-corrected chi connectivity index (χ0v) is 15.8. The Balaban J connectivity index is 2.12. The van der Waals surface area contributed by atoms with Gasteiger partial charge in [0.25, 0.3) is 0 Å². The molecule has 0 spiro atoms. The average Bonchev–Trinajstić information content (AvgIpc) is 3.01. The quantitative estimate of drug-likeness (QED) is 0.737. The minimum Gasteiger partial charge on any atom is -0.453 e. The number of aromatic nitrogens is 2. The van der Waals surface area contributed by atoms with Crippen molar-refractivity contribution >= 4 is 17.8 Å². The number of nitrogens with one attached hydrogen (secondary N) is 3. The molecule has 2 aromatic rings. The van der Waals surface area contributed by atoms with Crippen LogP contribution in [0.2, 0.25) is 0 Å². The maximum atomic E-state index is 12.5. The lowest BCUT2D eigenvalue weighted by Crippen LogP contribution is -2.44. The minimum absolute atomic E-state index is 0.230. The van der Waals surface area contributed by atoms with Gasteiger partial charge in [0.15, 0.2) is 5.82 Å². The molecule has 0 bridgehead atoms. The predicted molar refractivity (Wildman–Crippen MR) is 101 cm³/mol. The number of hydrogen-bond acceptors (Lipinski definition) is 4. The summed E-state index contributed by atoms with van der Waals surface area (Å²) in [5.41, 5.74) is 4.12. The predicted octanol–water partition coefficient (Wildman–Crippen LogP) is 3.40. The van der Waals surface area contributed by atoms with Crippen LogP contribution in [0.4, 0.5) is 10.6 Å². The first kappa shape index (κ1) is 19.5. The van der Waals surface area contributed by atoms with Crippen molar-refractivity contribution in [1.82, 2.24) is 15.5 Å². The Morgan fingerprint density at radius 2 is 1.81 bits per heavy atom. The van der Waals surface area contributed by atoms with E-state index in [0.717, 1.165) is 22.4 Å². The molecule has 3 N–H and O–H groups in total. The van der Waals surface area contributed by atoms with E-state index in [2.05, 4.69) is 31.6 Å². The van der Waals surface area contributed by atoms with Gasteiger partial charge in [-0.1, -0.05) is 31.0 Å². The van der Waals surface area contributed by atoms with Crippen molar-refractivity contribution < 1.29 is 14.3 Å². The van der Waals surface area contributed by atoms with Gasteiger partial charge in [-0.25, -0.2) is 4.79 Å². The molecule has 140 valence electrons. The zero-order chi connectivity index (χ0) is 19.3. The molecule has 1 aromatic heterocycles. The van der Waals surface area contributed by atoms with Crippen molar-refractivity contribution in [2.24, 2.45) is 5.92 Å². The molecule has 0 fully saturated rings. The summed E-state index contributed by atoms with van der Waals surface area (Å²) in [5.74, 6) is 0.306. The fourth-order valence-electron chi connectivity index (χ4n) is 2.78. The number of aromatic amines is 1. The molecule has 7 heteroatoms. The Bertz CT molecular complexity index is 763. The number of amides is 2. The van der Waals surface area contributed by atoms with Crippen LogP contribution < -0.4 is 10.6 Å². The Kier molecular flexibility index (Phi) is 6.38. The standard InChI is InChI=1S/C19H26N4O3/c1-11(2)6-16(20-19(25)26-5)18(24)21-17-10-15(22-23-17)14-8-12(3)7-13(4)9-14/h7-11,16H,6H2,1-5H3,(H,20,25)(H2,21,22,23,24). The molecule has 1 aromatic carbocycles. The third kappa shape index (κ3) is 5.34. The summed E-state index contributed by atoms with van der Waals surface area (Å²) in [6.45, 7) is 8.02. The van der Waals surface area contributed by atoms with Crippen LogP contribution in [0.1, 0.15) is 31.4 Å². The van der Waals surface area contributed by atoms with Crippen molar-refractivity contribution in [3.63, 3.8) is 0 Å². The molecule has 0 aliphatic rings. The Morgan fingerprint density at radius 3 is 2.38 bits per heavy atom. The highest BCUT2D eigenvalue weighted by atomic mass is 16.5. The largest absolute Gasteiger partial charge is 0.453 e. The molecule has 1 atom stereocenters. The summed E-state index contributed by atoms with van der Waals surface area (Å²) in [5, 5.41) is 12.4. The van der Waals surface area contributed by atoms with Gasteiger partial charge in [-0.2, -0.15) is 5.10 Å². The molecule has 2 amide bonds. The van der Waals surface area contributed by atoms with Crippen LogP contribution in [0.15, 0.2) is 24.3 Å². The lowest BCUT2D eigenvalue weighted by molar-refractivity contribution is -0.118. The minimum atomic E-state index is -0.691. The molecule has 0 saturated carbocycles. The Hall–Kier alpha value is -2.83. The monoisotopic (exact) mass is 358 g/mol. The molecule has 26 heavy (non-hydrogen) atoms. The van der Waals surface area contributed by atoms with Crippen molar-refractivity contribution in [1.29, 1.82) is 0 Å². The molecular weight excluding hydrogens is 332 g/mol. The van der Waals surface area contributed by atoms with Gasteiger partial charge < -0.3 is 15.4 Å². The molecule has 0 saturated heterocycles. The number of benzene rings is 1. The third-order valence-electron chi connectivity index (χ3n) is 3.86. The maximum Gasteiger partial charge on any atom is 0.407 e. The number of rotatable bonds is 6. The number of H-pyrrole nitrogens is 1. The number of hydrogen-bond donors (Lipinski definition) is 3. The summed E-state index contributed by atoms with van der Waals surface area (Å²) in [4.78, 5) is 24.0. The van der Waals surface area contributed by atoms with Crippen molar-refractivity contribution in [3.05, 3.63) is 35.4 Å². The first-order chi connectivity index (χ1) is 12.3. The first-order valence-electron chi connectivity index (χ1n) is 8.58. The fraction of sp³-hybridized carbons (Fsp3) is 0.421. The molecular formula is C19H26N4O3. The highest BCUT2D eigenvalue weighted by Gasteiger charge is 2.23. The molecule has 7 nitrogen and oxygen atoms in total. The van der Waals surface area contributed by atoms with Crippen LogP contribution in [0.3, 0.4) is 0 Å². The molecule has 0 radical (unpaired) electrons. The van der Waals surface area contributed by atoms with Crippen LogP contribution >= 0.6 is 0 Å². The Labute approximate surface area is 153 Å². The van der Waals surface area contributed by atoms with E-state index in [4.69, 9.17) is 0 Å². The van der Waals surface area contributed by atoms with E-state index in [-0.39, 0.29) is 11.8 Å². The third-order valence-corrected chi connectivity index (χ3v) is 3.86. The van der Waals surface area contributed by atoms with E-state index in [1.807, 2.05) is 39.8 Å². The summed E-state index contributed by atoms with van der Waals surface area (Å²) in [7, 11) is 1.27. The van der Waals surface area contributed by atoms with Gasteiger partial charge >= 0.3 is 6.09 Å². The Morgan fingerprint density at radius 1 is 1.15 bits per heavy atom. The van der Waals surface area contributed by atoms with Gasteiger partial charge in [-0.05, 0) is 38.3 Å². The number of anilines is 1. The van der Waals surface area contributed by atoms with E-state index in [0.29, 0.717) is 12.2 Å². The van der Waals surface area contributed by atoms with Crippen LogP contribution in [-0.2, 0) is 9.53 Å². The van der Waals surface area contributed by atoms with E-state index >= 15 is 0 Å². The van der Waals surface area contributed by atoms with E-state index < -0.39 is 12.1 Å². The van der Waals surface area contributed by atoms with E-state index in [1.165, 1.54) is 7.11 Å². The van der Waals surface area contributed by atoms with Crippen molar-refractivity contribution in [3.8, 4) is 11.3 Å². The number of methoxy groups -OCH3 is 1. The average molecular weight is 358 g/mol. The van der Waals surface area contributed by atoms with Gasteiger partial charge in [0.1, 0.15) is 6.04 Å². The smallest absolute Gasteiger partial charge is 0.407 e. The summed E-state index contributed by atoms with van der Waals surface area (Å²) in [6.07, 6.45) is -0.140. The van der Waals surface area contributed by atoms with Crippen molar-refractivity contribution in [2.75, 3.05) is 12.4 Å². The van der Waals surface area contributed by atoms with Gasteiger partial charge in [0.2, 0.25) is 5.91 Å². The second-order valence-electron chi connectivity index (χ2n) is 6.85. The molecule has 0 aliphatic carbocycles. The lowest BCUT2D eigenvalue weighted by atomic mass is 10.0. The number of carbonyl (C=O) groups is 2. The highest BCUT2D eigenvalue weighted by Crippen LogP contribution is 2.22. The van der Waals surface area contributed by atoms with E-state index in [1.54, 1.807) is 6.07 Å². The number of alkyl carbamates (subject to hydrolysis) is 1. The molecule has 1 heterocycles. The van der Waals surface area contributed by atoms with Gasteiger partial charge in [-0.3, -0.25) is 9.89 Å². The molecule has 0 aliphatic heterocycles. The van der Waals surface area contributed by atoms with Crippen LogP contribution in [0, 0.1) is 19.8 Å². The normalized spacial score (nSPS) is 11.9. The second-order valence-corrected chi connectivity index (χ2v) is 6.85. The number of carbonyl (C=O) groups excluding carboxylic acids is 2. The molecule has 2 rings (SSSR count). The SMILES string of the molecule is COC(=O)NC(CC(C)C)C(=O)Nc1cc(-c2cc(C)cc(C)c2)[nH]n1. The maximum absolute atomic E-state index is 12.5. The highest BCUT2D eigenvalue weighted by molar-refractivity contribution is 5.96. The van der Waals surface area contributed by atoms with Crippen molar-refractivity contribution in [2.45, 2.75) is 40.2 Å². The second kappa shape index (κ2) is 8.51. The summed E-state index contributed by atoms with van der Waals surface area (Å²) < 4.78 is 4.60. The van der Waals surface area contributed by atoms with Crippen LogP contribution in [0.25, 0.3) is 11.3 Å². The van der Waals surface area contributed by atoms with Crippen LogP contribution in [-0.4, -0.2) is 35.3 Å². The first-order valence-corrected chi connectivity index (χ1v) is 8.58. The summed E-state index contributed by atoms with van der Waals surface area (Å²) in [6, 6.07) is 7.27. The number of ether oxygens (including phenoxy) is 1. The van der Waals surface area contributed by atoms with Crippen LogP contribution in [0.5, 0.6) is 0 Å². The summed E-state index contributed by atoms with van der Waals surface area (Å²) >= 11 is 0. The van der Waals surface area contributed by atoms with Gasteiger partial charge in [-0.15, -0.1) is 0 Å². The van der Waals surface area contributed by atoms with Gasteiger partial charge in [0, 0.05) is 11.6 Å². The zero-order valence-electron chi connectivity index (χ0n) is 15.8. The fourth-order valence-corrected chi connectivity index (χ4v) is 2.78. The molecule has 1 unspecified atom stereocenters.